The molecule has 29 heavy (non-hydrogen) atoms. The third-order valence-electron chi connectivity index (χ3n) is 4.58. The number of benzene rings is 2. The van der Waals surface area contributed by atoms with E-state index in [4.69, 9.17) is 30.4 Å². The molecular weight excluding hydrogens is 370 g/mol. The number of nitrogens with zero attached hydrogens (tertiary/aromatic N) is 3. The van der Waals surface area contributed by atoms with Crippen molar-refractivity contribution in [3.63, 3.8) is 0 Å². The fourth-order valence-electron chi connectivity index (χ4n) is 3.19. The smallest absolute Gasteiger partial charge is 0.163 e. The molecule has 148 valence electrons. The molecule has 0 unspecified atom stereocenters. The maximum atomic E-state index is 5.90. The van der Waals surface area contributed by atoms with Gasteiger partial charge in [-0.3, -0.25) is 4.40 Å². The maximum absolute atomic E-state index is 5.90. The Morgan fingerprint density at radius 3 is 2.41 bits per heavy atom. The topological polar surface area (TPSA) is 67.1 Å². The van der Waals surface area contributed by atoms with Gasteiger partial charge in [-0.1, -0.05) is 12.0 Å². The number of rotatable bonds is 8. The Balaban J connectivity index is 1.88. The van der Waals surface area contributed by atoms with E-state index in [1.54, 1.807) is 20.5 Å². The molecule has 0 saturated carbocycles. The van der Waals surface area contributed by atoms with Crippen LogP contribution in [0, 0.1) is 12.3 Å². The highest BCUT2D eigenvalue weighted by Gasteiger charge is 2.15. The average molecular weight is 391 g/mol. The Hall–Kier alpha value is -3.34. The van der Waals surface area contributed by atoms with Crippen molar-refractivity contribution < 1.29 is 18.9 Å². The maximum Gasteiger partial charge on any atom is 0.163 e. The largest absolute Gasteiger partial charge is 0.487 e. The van der Waals surface area contributed by atoms with E-state index in [1.807, 2.05) is 34.7 Å². The molecule has 0 atom stereocenters. The second kappa shape index (κ2) is 8.35. The Kier molecular flexibility index (Phi) is 5.47. The van der Waals surface area contributed by atoms with Gasteiger partial charge in [0.2, 0.25) is 0 Å². The molecule has 0 amide bonds. The second-order valence-corrected chi connectivity index (χ2v) is 6.37. The van der Waals surface area contributed by atoms with E-state index < -0.39 is 0 Å². The van der Waals surface area contributed by atoms with Crippen LogP contribution in [0.2, 0.25) is 0 Å². The summed E-state index contributed by atoms with van der Waals surface area (Å²) in [6.45, 7) is 1.75. The second-order valence-electron chi connectivity index (χ2n) is 6.37. The van der Waals surface area contributed by atoms with Crippen molar-refractivity contribution in [2.45, 2.75) is 0 Å². The van der Waals surface area contributed by atoms with Gasteiger partial charge in [0.25, 0.3) is 0 Å². The summed E-state index contributed by atoms with van der Waals surface area (Å²) in [5, 5.41) is 0.846. The van der Waals surface area contributed by atoms with Gasteiger partial charge in [0.05, 0.1) is 29.8 Å². The van der Waals surface area contributed by atoms with Crippen LogP contribution in [0.3, 0.4) is 0 Å². The van der Waals surface area contributed by atoms with Crippen LogP contribution < -0.4 is 9.47 Å². The number of para-hydroxylation sites is 1. The normalized spacial score (nSPS) is 11.2. The van der Waals surface area contributed by atoms with Crippen molar-refractivity contribution in [3.05, 3.63) is 42.2 Å². The van der Waals surface area contributed by atoms with Gasteiger partial charge in [-0.2, -0.15) is 0 Å². The van der Waals surface area contributed by atoms with Gasteiger partial charge >= 0.3 is 0 Å². The van der Waals surface area contributed by atoms with Gasteiger partial charge in [0.1, 0.15) is 30.7 Å². The number of methoxy groups -OCH3 is 2. The van der Waals surface area contributed by atoms with Crippen LogP contribution >= 0.6 is 0 Å². The number of hydrogen-bond acceptors (Lipinski definition) is 6. The number of aromatic nitrogens is 3. The van der Waals surface area contributed by atoms with E-state index in [-0.39, 0.29) is 0 Å². The van der Waals surface area contributed by atoms with Gasteiger partial charge in [-0.05, 0) is 18.2 Å². The molecule has 2 heterocycles. The van der Waals surface area contributed by atoms with Crippen LogP contribution in [0.25, 0.3) is 27.6 Å². The van der Waals surface area contributed by atoms with Gasteiger partial charge < -0.3 is 18.9 Å². The van der Waals surface area contributed by atoms with Crippen molar-refractivity contribution in [2.24, 2.45) is 0 Å². The predicted molar refractivity (Wildman–Crippen MR) is 111 cm³/mol. The third kappa shape index (κ3) is 3.56. The summed E-state index contributed by atoms with van der Waals surface area (Å²) in [6, 6.07) is 9.53. The van der Waals surface area contributed by atoms with Crippen molar-refractivity contribution in [2.75, 3.05) is 40.6 Å². The van der Waals surface area contributed by atoms with Crippen LogP contribution in [0.15, 0.2) is 36.7 Å². The standard InChI is InChI=1S/C22H21N3O4/c1-4-15-6-5-7-18-21(15)24-22-16-12-19(28-10-8-26-2)20(29-11-9-27-3)13-17(16)23-14-25(18)22/h1,5-7,12-14H,8-11H2,2-3H3. The molecule has 0 aliphatic carbocycles. The summed E-state index contributed by atoms with van der Waals surface area (Å²) < 4.78 is 23.8. The van der Waals surface area contributed by atoms with Crippen molar-refractivity contribution in [1.29, 1.82) is 0 Å². The highest BCUT2D eigenvalue weighted by atomic mass is 16.5. The highest BCUT2D eigenvalue weighted by Crippen LogP contribution is 2.34. The van der Waals surface area contributed by atoms with Gasteiger partial charge in [0, 0.05) is 25.7 Å². The Bertz CT molecular complexity index is 1210. The summed E-state index contributed by atoms with van der Waals surface area (Å²) in [5.41, 5.74) is 3.93. The monoisotopic (exact) mass is 391 g/mol. The third-order valence-corrected chi connectivity index (χ3v) is 4.58. The molecule has 4 rings (SSSR count). The Morgan fingerprint density at radius 1 is 1.00 bits per heavy atom. The van der Waals surface area contributed by atoms with Crippen LogP contribution in [0.5, 0.6) is 11.5 Å². The minimum absolute atomic E-state index is 0.400. The van der Waals surface area contributed by atoms with Crippen LogP contribution in [-0.2, 0) is 9.47 Å². The molecule has 0 fully saturated rings. The number of terminal acetylenes is 1. The minimum Gasteiger partial charge on any atom is -0.487 e. The lowest BCUT2D eigenvalue weighted by Gasteiger charge is -2.14. The predicted octanol–water partition coefficient (Wildman–Crippen LogP) is 3.07. The quantitative estimate of drug-likeness (QED) is 0.340. The lowest BCUT2D eigenvalue weighted by atomic mass is 10.2. The molecule has 0 radical (unpaired) electrons. The first-order valence-electron chi connectivity index (χ1n) is 9.20. The number of hydrogen-bond donors (Lipinski definition) is 0. The molecular formula is C22H21N3O4. The van der Waals surface area contributed by atoms with Crippen molar-refractivity contribution in [3.8, 4) is 23.8 Å². The molecule has 4 aromatic rings. The summed E-state index contributed by atoms with van der Waals surface area (Å²) in [7, 11) is 3.26. The van der Waals surface area contributed by atoms with Crippen molar-refractivity contribution in [1.82, 2.24) is 14.4 Å². The van der Waals surface area contributed by atoms with Gasteiger partial charge in [0.15, 0.2) is 11.5 Å². The van der Waals surface area contributed by atoms with E-state index in [1.165, 1.54) is 0 Å². The van der Waals surface area contributed by atoms with Gasteiger partial charge in [-0.25, -0.2) is 9.97 Å². The zero-order valence-electron chi connectivity index (χ0n) is 16.3. The SMILES string of the molecule is C#Cc1cccc2c1nc1c3cc(OCCOC)c(OCCOC)cc3ncn21. The molecule has 0 N–H and O–H groups in total. The summed E-state index contributed by atoms with van der Waals surface area (Å²) in [5.74, 6) is 3.90. The zero-order valence-corrected chi connectivity index (χ0v) is 16.3. The first kappa shape index (κ1) is 19.0. The lowest BCUT2D eigenvalue weighted by Crippen LogP contribution is -2.08. The van der Waals surface area contributed by atoms with Crippen LogP contribution in [-0.4, -0.2) is 55.0 Å². The zero-order chi connectivity index (χ0) is 20.2. The fraction of sp³-hybridized carbons (Fsp3) is 0.273. The summed E-state index contributed by atoms with van der Waals surface area (Å²) >= 11 is 0. The molecule has 0 saturated heterocycles. The number of ether oxygens (including phenoxy) is 4. The highest BCUT2D eigenvalue weighted by molar-refractivity contribution is 5.98. The average Bonchev–Trinajstić information content (AvgIpc) is 3.13. The molecule has 7 heteroatoms. The first-order chi connectivity index (χ1) is 14.3. The molecule has 0 aliphatic rings. The molecule has 0 aliphatic heterocycles. The first-order valence-corrected chi connectivity index (χ1v) is 9.20. The Morgan fingerprint density at radius 2 is 1.72 bits per heavy atom. The van der Waals surface area contributed by atoms with Crippen LogP contribution in [0.1, 0.15) is 5.56 Å². The summed E-state index contributed by atoms with van der Waals surface area (Å²) in [4.78, 5) is 9.39. The molecule has 0 bridgehead atoms. The molecule has 2 aromatic heterocycles. The molecule has 0 spiro atoms. The minimum atomic E-state index is 0.400. The van der Waals surface area contributed by atoms with E-state index in [0.29, 0.717) is 37.9 Å². The van der Waals surface area contributed by atoms with E-state index in [9.17, 15) is 0 Å². The Labute approximate surface area is 168 Å². The number of imidazole rings is 1. The molecule has 2 aromatic carbocycles. The fourth-order valence-corrected chi connectivity index (χ4v) is 3.19. The molecule has 7 nitrogen and oxygen atoms in total. The van der Waals surface area contributed by atoms with Crippen molar-refractivity contribution >= 4 is 27.6 Å². The lowest BCUT2D eigenvalue weighted by molar-refractivity contribution is 0.132. The van der Waals surface area contributed by atoms with E-state index in [2.05, 4.69) is 10.9 Å². The number of fused-ring (bicyclic) bond motifs is 5. The van der Waals surface area contributed by atoms with E-state index in [0.717, 1.165) is 33.1 Å². The summed E-state index contributed by atoms with van der Waals surface area (Å²) in [6.07, 6.45) is 7.39. The van der Waals surface area contributed by atoms with Gasteiger partial charge in [-0.15, -0.1) is 6.42 Å². The van der Waals surface area contributed by atoms with E-state index >= 15 is 0 Å². The van der Waals surface area contributed by atoms with Crippen LogP contribution in [0.4, 0.5) is 0 Å².